The fourth-order valence-corrected chi connectivity index (χ4v) is 3.74. The number of benzene rings is 1. The Kier molecular flexibility index (Phi) is 4.13. The Morgan fingerprint density at radius 2 is 2.00 bits per heavy atom. The lowest BCUT2D eigenvalue weighted by molar-refractivity contribution is -0.137. The largest absolute Gasteiger partial charge is 0.480 e. The smallest absolute Gasteiger partial charge is 0.318 e. The van der Waals surface area contributed by atoms with Gasteiger partial charge in [0.2, 0.25) is 10.0 Å². The maximum Gasteiger partial charge on any atom is 0.318 e. The molecule has 5 nitrogen and oxygen atoms in total. The molecule has 7 heteroatoms. The molecular weight excluding hydrogens is 290 g/mol. The van der Waals surface area contributed by atoms with Crippen molar-refractivity contribution in [1.82, 2.24) is 4.31 Å². The first-order chi connectivity index (χ1) is 8.91. The van der Waals surface area contributed by atoms with E-state index in [9.17, 15) is 13.2 Å². The third-order valence-corrected chi connectivity index (χ3v) is 5.24. The van der Waals surface area contributed by atoms with Crippen LogP contribution < -0.4 is 0 Å². The zero-order chi connectivity index (χ0) is 14.0. The van der Waals surface area contributed by atoms with Gasteiger partial charge in [-0.2, -0.15) is 4.31 Å². The van der Waals surface area contributed by atoms with E-state index < -0.39 is 22.5 Å². The van der Waals surface area contributed by atoms with Gasteiger partial charge in [-0.25, -0.2) is 8.42 Å². The summed E-state index contributed by atoms with van der Waals surface area (Å²) in [5.74, 6) is -0.909. The summed E-state index contributed by atoms with van der Waals surface area (Å²) in [6, 6.07) is 6.06. The molecule has 2 rings (SSSR count). The van der Waals surface area contributed by atoms with Gasteiger partial charge in [-0.3, -0.25) is 4.79 Å². The quantitative estimate of drug-likeness (QED) is 0.870. The number of sulfonamides is 1. The zero-order valence-electron chi connectivity index (χ0n) is 10.1. The minimum Gasteiger partial charge on any atom is -0.480 e. The van der Waals surface area contributed by atoms with Crippen LogP contribution >= 0.6 is 11.6 Å². The van der Waals surface area contributed by atoms with E-state index in [2.05, 4.69) is 0 Å². The molecule has 0 radical (unpaired) electrons. The number of carboxylic acids is 1. The van der Waals surface area contributed by atoms with Crippen LogP contribution in [-0.2, 0) is 14.8 Å². The molecule has 1 aliphatic rings. The predicted octanol–water partition coefficient (Wildman–Crippen LogP) is 1.83. The van der Waals surface area contributed by atoms with Crippen LogP contribution in [0.25, 0.3) is 0 Å². The fourth-order valence-electron chi connectivity index (χ4n) is 1.78. The molecule has 0 aliphatic heterocycles. The highest BCUT2D eigenvalue weighted by molar-refractivity contribution is 7.89. The van der Waals surface area contributed by atoms with Crippen molar-refractivity contribution < 1.29 is 18.3 Å². The van der Waals surface area contributed by atoms with Gasteiger partial charge in [0.1, 0.15) is 11.4 Å². The predicted molar refractivity (Wildman–Crippen MR) is 70.6 cm³/mol. The average Bonchev–Trinajstić information content (AvgIpc) is 3.12. The van der Waals surface area contributed by atoms with Gasteiger partial charge in [0.25, 0.3) is 0 Å². The van der Waals surface area contributed by atoms with E-state index >= 15 is 0 Å². The van der Waals surface area contributed by atoms with Crippen LogP contribution in [0.2, 0.25) is 5.02 Å². The molecule has 0 atom stereocenters. The summed E-state index contributed by atoms with van der Waals surface area (Å²) in [5, 5.41) is 8.96. The number of hydrogen-bond acceptors (Lipinski definition) is 3. The number of aliphatic carboxylic acids is 1. The van der Waals surface area contributed by atoms with Crippen molar-refractivity contribution in [3.8, 4) is 0 Å². The second-order valence-electron chi connectivity index (χ2n) is 4.57. The average molecular weight is 304 g/mol. The summed E-state index contributed by atoms with van der Waals surface area (Å²) in [7, 11) is -3.86. The summed E-state index contributed by atoms with van der Waals surface area (Å²) in [5.41, 5.74) is 0. The summed E-state index contributed by atoms with van der Waals surface area (Å²) >= 11 is 5.89. The molecular formula is C12H14ClNO4S. The van der Waals surface area contributed by atoms with Gasteiger partial charge in [0, 0.05) is 6.54 Å². The molecule has 1 N–H and O–H groups in total. The van der Waals surface area contributed by atoms with E-state index in [0.29, 0.717) is 0 Å². The first-order valence-electron chi connectivity index (χ1n) is 5.87. The monoisotopic (exact) mass is 303 g/mol. The highest BCUT2D eigenvalue weighted by Gasteiger charge is 2.33. The normalized spacial score (nSPS) is 15.7. The third-order valence-electron chi connectivity index (χ3n) is 2.92. The van der Waals surface area contributed by atoms with E-state index in [1.54, 1.807) is 12.1 Å². The minimum absolute atomic E-state index is 0.0430. The Morgan fingerprint density at radius 3 is 2.53 bits per heavy atom. The molecule has 1 saturated carbocycles. The van der Waals surface area contributed by atoms with Gasteiger partial charge in [0.05, 0.1) is 5.02 Å². The standard InChI is InChI=1S/C12H14ClNO4S/c13-10-3-1-2-4-11(10)19(17,18)14(8-12(15)16)7-9-5-6-9/h1-4,9H,5-8H2,(H,15,16). The molecule has 0 unspecified atom stereocenters. The van der Waals surface area contributed by atoms with Gasteiger partial charge < -0.3 is 5.11 Å². The highest BCUT2D eigenvalue weighted by Crippen LogP contribution is 2.32. The maximum absolute atomic E-state index is 12.4. The summed E-state index contributed by atoms with van der Waals surface area (Å²) in [4.78, 5) is 10.8. The Bertz CT molecular complexity index is 583. The molecule has 0 amide bonds. The number of nitrogens with zero attached hydrogens (tertiary/aromatic N) is 1. The van der Waals surface area contributed by atoms with E-state index in [1.807, 2.05) is 0 Å². The maximum atomic E-state index is 12.4. The van der Waals surface area contributed by atoms with Crippen molar-refractivity contribution >= 4 is 27.6 Å². The Hall–Kier alpha value is -1.11. The number of halogens is 1. The molecule has 19 heavy (non-hydrogen) atoms. The van der Waals surface area contributed by atoms with Crippen LogP contribution in [0.3, 0.4) is 0 Å². The van der Waals surface area contributed by atoms with E-state index in [1.165, 1.54) is 12.1 Å². The summed E-state index contributed by atoms with van der Waals surface area (Å²) in [6.07, 6.45) is 1.88. The van der Waals surface area contributed by atoms with Crippen molar-refractivity contribution in [2.45, 2.75) is 17.7 Å². The second kappa shape index (κ2) is 5.48. The minimum atomic E-state index is -3.86. The first-order valence-corrected chi connectivity index (χ1v) is 7.69. The molecule has 0 spiro atoms. The molecule has 1 fully saturated rings. The van der Waals surface area contributed by atoms with E-state index in [-0.39, 0.29) is 22.4 Å². The SMILES string of the molecule is O=C(O)CN(CC1CC1)S(=O)(=O)c1ccccc1Cl. The molecule has 0 saturated heterocycles. The Labute approximate surface area is 116 Å². The lowest BCUT2D eigenvalue weighted by Crippen LogP contribution is -2.37. The molecule has 1 aromatic carbocycles. The number of hydrogen-bond donors (Lipinski definition) is 1. The molecule has 1 aliphatic carbocycles. The molecule has 0 aromatic heterocycles. The van der Waals surface area contributed by atoms with Crippen molar-refractivity contribution in [2.24, 2.45) is 5.92 Å². The van der Waals surface area contributed by atoms with Gasteiger partial charge in [-0.05, 0) is 30.9 Å². The number of carboxylic acid groups (broad SMARTS) is 1. The van der Waals surface area contributed by atoms with Gasteiger partial charge in [0.15, 0.2) is 0 Å². The summed E-state index contributed by atoms with van der Waals surface area (Å²) < 4.78 is 25.9. The van der Waals surface area contributed by atoms with Gasteiger partial charge >= 0.3 is 5.97 Å². The second-order valence-corrected chi connectivity index (χ2v) is 6.88. The number of rotatable bonds is 6. The lowest BCUT2D eigenvalue weighted by atomic mass is 10.4. The van der Waals surface area contributed by atoms with Crippen LogP contribution in [0.5, 0.6) is 0 Å². The lowest BCUT2D eigenvalue weighted by Gasteiger charge is -2.20. The van der Waals surface area contributed by atoms with Crippen molar-refractivity contribution in [3.05, 3.63) is 29.3 Å². The highest BCUT2D eigenvalue weighted by atomic mass is 35.5. The Morgan fingerprint density at radius 1 is 1.37 bits per heavy atom. The topological polar surface area (TPSA) is 74.7 Å². The van der Waals surface area contributed by atoms with Crippen molar-refractivity contribution in [1.29, 1.82) is 0 Å². The molecule has 0 bridgehead atoms. The molecule has 1 aromatic rings. The van der Waals surface area contributed by atoms with Crippen molar-refractivity contribution in [3.63, 3.8) is 0 Å². The summed E-state index contributed by atoms with van der Waals surface area (Å²) in [6.45, 7) is -0.302. The van der Waals surface area contributed by atoms with E-state index in [0.717, 1.165) is 17.1 Å². The Balaban J connectivity index is 2.32. The van der Waals surface area contributed by atoms with E-state index in [4.69, 9.17) is 16.7 Å². The van der Waals surface area contributed by atoms with Crippen LogP contribution in [0.15, 0.2) is 29.2 Å². The van der Waals surface area contributed by atoms with Crippen LogP contribution in [0.4, 0.5) is 0 Å². The first kappa shape index (κ1) is 14.3. The van der Waals surface area contributed by atoms with Crippen LogP contribution in [-0.4, -0.2) is 36.9 Å². The fraction of sp³-hybridized carbons (Fsp3) is 0.417. The van der Waals surface area contributed by atoms with Crippen molar-refractivity contribution in [2.75, 3.05) is 13.1 Å². The zero-order valence-corrected chi connectivity index (χ0v) is 11.7. The van der Waals surface area contributed by atoms with Gasteiger partial charge in [-0.1, -0.05) is 23.7 Å². The van der Waals surface area contributed by atoms with Gasteiger partial charge in [-0.15, -0.1) is 0 Å². The van der Waals surface area contributed by atoms with Crippen LogP contribution in [0.1, 0.15) is 12.8 Å². The molecule has 104 valence electrons. The third kappa shape index (κ3) is 3.46. The molecule has 0 heterocycles. The number of carbonyl (C=O) groups is 1. The van der Waals surface area contributed by atoms with Crippen LogP contribution in [0, 0.1) is 5.92 Å².